The van der Waals surface area contributed by atoms with Crippen LogP contribution in [0.3, 0.4) is 0 Å². The normalized spacial score (nSPS) is 18.5. The average molecular weight is 488 g/mol. The third kappa shape index (κ3) is 8.41. The first-order chi connectivity index (χ1) is 15.6. The number of nitrogens with one attached hydrogen (secondary N) is 2. The summed E-state index contributed by atoms with van der Waals surface area (Å²) in [6.45, 7) is 2.94. The highest BCUT2D eigenvalue weighted by atomic mass is 32.1. The number of aliphatic carboxylic acids is 1. The largest absolute Gasteiger partial charge is 0.490 e. The first kappa shape index (κ1) is 26.7. The fourth-order valence-electron chi connectivity index (χ4n) is 3.62. The van der Waals surface area contributed by atoms with E-state index in [9.17, 15) is 18.0 Å². The molecule has 4 atom stereocenters. The molecule has 3 N–H and O–H groups in total. The van der Waals surface area contributed by atoms with Gasteiger partial charge in [-0.2, -0.15) is 13.2 Å². The lowest BCUT2D eigenvalue weighted by Gasteiger charge is -2.29. The lowest BCUT2D eigenvalue weighted by molar-refractivity contribution is -0.192. The molecule has 1 aromatic carbocycles. The molecule has 0 bridgehead atoms. The summed E-state index contributed by atoms with van der Waals surface area (Å²) in [6, 6.07) is 10.3. The van der Waals surface area contributed by atoms with Crippen molar-refractivity contribution in [1.82, 2.24) is 15.6 Å². The second-order valence-corrected chi connectivity index (χ2v) is 8.54. The van der Waals surface area contributed by atoms with E-state index in [0.29, 0.717) is 0 Å². The second kappa shape index (κ2) is 12.7. The second-order valence-electron chi connectivity index (χ2n) is 7.62. The summed E-state index contributed by atoms with van der Waals surface area (Å²) >= 11 is 1.57. The minimum Gasteiger partial charge on any atom is -0.475 e. The summed E-state index contributed by atoms with van der Waals surface area (Å²) in [6.07, 6.45) is -0.503. The zero-order chi connectivity index (χ0) is 24.4. The molecule has 7 nitrogen and oxygen atoms in total. The van der Waals surface area contributed by atoms with Crippen LogP contribution in [0.5, 0.6) is 0 Å². The molecule has 1 saturated heterocycles. The van der Waals surface area contributed by atoms with E-state index in [-0.39, 0.29) is 30.0 Å². The number of aromatic nitrogens is 1. The fourth-order valence-corrected chi connectivity index (χ4v) is 4.31. The van der Waals surface area contributed by atoms with Crippen LogP contribution in [0.25, 0.3) is 0 Å². The number of carbonyl (C=O) groups excluding carboxylic acids is 1. The molecule has 11 heteroatoms. The Morgan fingerprint density at radius 1 is 1.33 bits per heavy atom. The van der Waals surface area contributed by atoms with E-state index in [1.54, 1.807) is 24.6 Å². The monoisotopic (exact) mass is 487 g/mol. The number of thiazole rings is 1. The number of carboxylic acid groups (broad SMARTS) is 1. The molecule has 1 fully saturated rings. The standard InChI is InChI=1S/C20H27N3O2S.C2HF3O2/c1-14(18(25-2)16-9-6-10-21-16)19(24)23-17(20-22-11-12-26-20)13-15-7-4-3-5-8-15;3-2(4,5)1(6)7/h3-5,7-8,11-12,14,16-18,21H,6,9-10,13H2,1-2H3,(H,23,24);(H,6,7)/t14?,16-,17?,18?;/m0./s1. The minimum absolute atomic E-state index is 0.0154. The number of halogens is 3. The Bertz CT molecular complexity index is 860. The van der Waals surface area contributed by atoms with Gasteiger partial charge >= 0.3 is 12.1 Å². The van der Waals surface area contributed by atoms with Gasteiger partial charge in [-0.25, -0.2) is 9.78 Å². The molecule has 2 heterocycles. The molecule has 1 amide bonds. The van der Waals surface area contributed by atoms with Gasteiger partial charge in [0.1, 0.15) is 5.01 Å². The number of amides is 1. The first-order valence-corrected chi connectivity index (χ1v) is 11.3. The number of carboxylic acids is 1. The number of nitrogens with zero attached hydrogens (tertiary/aromatic N) is 1. The van der Waals surface area contributed by atoms with Crippen LogP contribution < -0.4 is 10.6 Å². The summed E-state index contributed by atoms with van der Waals surface area (Å²) in [4.78, 5) is 26.3. The molecule has 3 unspecified atom stereocenters. The van der Waals surface area contributed by atoms with E-state index in [2.05, 4.69) is 27.8 Å². The number of methoxy groups -OCH3 is 1. The van der Waals surface area contributed by atoms with Gasteiger partial charge in [0.15, 0.2) is 0 Å². The van der Waals surface area contributed by atoms with Crippen molar-refractivity contribution in [3.05, 3.63) is 52.5 Å². The van der Waals surface area contributed by atoms with Gasteiger partial charge in [0.05, 0.1) is 18.1 Å². The van der Waals surface area contributed by atoms with E-state index in [1.165, 1.54) is 5.56 Å². The van der Waals surface area contributed by atoms with Crippen molar-refractivity contribution in [2.45, 2.75) is 50.6 Å². The van der Waals surface area contributed by atoms with Crippen molar-refractivity contribution in [3.63, 3.8) is 0 Å². The van der Waals surface area contributed by atoms with E-state index in [4.69, 9.17) is 14.6 Å². The SMILES string of the molecule is COC(C(C)C(=O)NC(Cc1ccccc1)c1nccs1)[C@@H]1CCCN1.O=C(O)C(F)(F)F. The zero-order valence-corrected chi connectivity index (χ0v) is 19.2. The first-order valence-electron chi connectivity index (χ1n) is 10.4. The lowest BCUT2D eigenvalue weighted by Crippen LogP contribution is -2.47. The summed E-state index contributed by atoms with van der Waals surface area (Å²) in [5.41, 5.74) is 1.18. The highest BCUT2D eigenvalue weighted by molar-refractivity contribution is 7.09. The van der Waals surface area contributed by atoms with E-state index in [0.717, 1.165) is 30.8 Å². The number of alkyl halides is 3. The van der Waals surface area contributed by atoms with Crippen molar-refractivity contribution >= 4 is 23.2 Å². The Labute approximate surface area is 194 Å². The summed E-state index contributed by atoms with van der Waals surface area (Å²) in [7, 11) is 1.69. The van der Waals surface area contributed by atoms with Crippen molar-refractivity contribution < 1.29 is 32.6 Å². The third-order valence-corrected chi connectivity index (χ3v) is 6.15. The molecule has 0 spiro atoms. The van der Waals surface area contributed by atoms with Crippen molar-refractivity contribution in [1.29, 1.82) is 0 Å². The van der Waals surface area contributed by atoms with Crippen LogP contribution in [-0.2, 0) is 20.7 Å². The zero-order valence-electron chi connectivity index (χ0n) is 18.3. The smallest absolute Gasteiger partial charge is 0.475 e. The van der Waals surface area contributed by atoms with Crippen molar-refractivity contribution in [2.75, 3.05) is 13.7 Å². The quantitative estimate of drug-likeness (QED) is 0.526. The van der Waals surface area contributed by atoms with Crippen LogP contribution in [0.15, 0.2) is 41.9 Å². The van der Waals surface area contributed by atoms with Gasteiger partial charge in [-0.1, -0.05) is 37.3 Å². The molecule has 33 heavy (non-hydrogen) atoms. The number of ether oxygens (including phenoxy) is 1. The maximum atomic E-state index is 13.0. The van der Waals surface area contributed by atoms with E-state index >= 15 is 0 Å². The molecule has 2 aromatic rings. The van der Waals surface area contributed by atoms with Crippen molar-refractivity contribution in [3.8, 4) is 0 Å². The summed E-state index contributed by atoms with van der Waals surface area (Å²) < 4.78 is 37.4. The topological polar surface area (TPSA) is 101 Å². The Morgan fingerprint density at radius 2 is 2.00 bits per heavy atom. The van der Waals surface area contributed by atoms with Crippen LogP contribution in [0.1, 0.15) is 36.4 Å². The van der Waals surface area contributed by atoms with E-state index in [1.807, 2.05) is 30.5 Å². The summed E-state index contributed by atoms with van der Waals surface area (Å²) in [5.74, 6) is -2.97. The molecular formula is C22H28F3N3O4S. The van der Waals surface area contributed by atoms with Crippen LogP contribution in [-0.4, -0.2) is 53.9 Å². The van der Waals surface area contributed by atoms with Crippen LogP contribution in [0, 0.1) is 5.92 Å². The molecule has 3 rings (SSSR count). The Hall–Kier alpha value is -2.50. The maximum absolute atomic E-state index is 13.0. The number of benzene rings is 1. The lowest BCUT2D eigenvalue weighted by atomic mass is 9.95. The van der Waals surface area contributed by atoms with Crippen LogP contribution in [0.4, 0.5) is 13.2 Å². The molecule has 1 aliphatic heterocycles. The fraction of sp³-hybridized carbons (Fsp3) is 0.500. The molecule has 1 aliphatic rings. The highest BCUT2D eigenvalue weighted by Crippen LogP contribution is 2.23. The molecular weight excluding hydrogens is 459 g/mol. The number of hydrogen-bond acceptors (Lipinski definition) is 6. The number of hydrogen-bond donors (Lipinski definition) is 3. The van der Waals surface area contributed by atoms with Gasteiger partial charge in [-0.15, -0.1) is 11.3 Å². The van der Waals surface area contributed by atoms with Gasteiger partial charge in [0, 0.05) is 24.7 Å². The van der Waals surface area contributed by atoms with E-state index < -0.39 is 12.1 Å². The Morgan fingerprint density at radius 3 is 2.48 bits per heavy atom. The predicted octanol–water partition coefficient (Wildman–Crippen LogP) is 3.58. The predicted molar refractivity (Wildman–Crippen MR) is 118 cm³/mol. The number of carbonyl (C=O) groups is 2. The minimum atomic E-state index is -5.08. The Kier molecular flexibility index (Phi) is 10.3. The van der Waals surface area contributed by atoms with Crippen molar-refractivity contribution in [2.24, 2.45) is 5.92 Å². The summed E-state index contributed by atoms with van der Waals surface area (Å²) in [5, 5.41) is 16.7. The third-order valence-electron chi connectivity index (χ3n) is 5.26. The molecule has 0 aliphatic carbocycles. The number of rotatable bonds is 8. The highest BCUT2D eigenvalue weighted by Gasteiger charge is 2.38. The van der Waals surface area contributed by atoms with Gasteiger partial charge in [0.25, 0.3) is 0 Å². The molecule has 0 radical (unpaired) electrons. The molecule has 182 valence electrons. The van der Waals surface area contributed by atoms with Crippen LogP contribution in [0.2, 0.25) is 0 Å². The van der Waals surface area contributed by atoms with Crippen LogP contribution >= 0.6 is 11.3 Å². The van der Waals surface area contributed by atoms with Gasteiger partial charge in [-0.3, -0.25) is 4.79 Å². The molecule has 0 saturated carbocycles. The van der Waals surface area contributed by atoms with Gasteiger partial charge in [0.2, 0.25) is 5.91 Å². The maximum Gasteiger partial charge on any atom is 0.490 e. The van der Waals surface area contributed by atoms with Gasteiger partial charge in [-0.05, 0) is 31.4 Å². The average Bonchev–Trinajstić information content (AvgIpc) is 3.49. The molecule has 1 aromatic heterocycles. The Balaban J connectivity index is 0.000000479. The van der Waals surface area contributed by atoms with Gasteiger partial charge < -0.3 is 20.5 Å².